The highest BCUT2D eigenvalue weighted by atomic mass is 16.5. The van der Waals surface area contributed by atoms with Crippen LogP contribution < -0.4 is 10.6 Å². The van der Waals surface area contributed by atoms with Crippen LogP contribution in [0.5, 0.6) is 0 Å². The van der Waals surface area contributed by atoms with Gasteiger partial charge in [0, 0.05) is 51.0 Å². The van der Waals surface area contributed by atoms with Gasteiger partial charge in [-0.3, -0.25) is 9.80 Å². The summed E-state index contributed by atoms with van der Waals surface area (Å²) in [7, 11) is 0. The van der Waals surface area contributed by atoms with Gasteiger partial charge in [-0.05, 0) is 52.2 Å². The first-order valence-electron chi connectivity index (χ1n) is 12.6. The molecule has 0 aliphatic carbocycles. The van der Waals surface area contributed by atoms with Crippen LogP contribution in [0.15, 0.2) is 35.5 Å². The predicted octanol–water partition coefficient (Wildman–Crippen LogP) is 3.02. The molecule has 1 saturated heterocycles. The van der Waals surface area contributed by atoms with Gasteiger partial charge >= 0.3 is 18.0 Å². The third-order valence-corrected chi connectivity index (χ3v) is 6.41. The van der Waals surface area contributed by atoms with Crippen LogP contribution >= 0.6 is 0 Å². The van der Waals surface area contributed by atoms with E-state index in [-0.39, 0.29) is 24.7 Å². The van der Waals surface area contributed by atoms with Crippen molar-refractivity contribution in [2.45, 2.75) is 53.1 Å². The molecule has 0 aromatic heterocycles. The Balaban J connectivity index is 1.94. The highest BCUT2D eigenvalue weighted by Gasteiger charge is 2.38. The van der Waals surface area contributed by atoms with E-state index < -0.39 is 12.0 Å². The molecule has 0 bridgehead atoms. The van der Waals surface area contributed by atoms with Crippen LogP contribution in [-0.2, 0) is 9.53 Å². The van der Waals surface area contributed by atoms with Gasteiger partial charge < -0.3 is 20.3 Å². The fourth-order valence-corrected chi connectivity index (χ4v) is 4.68. The summed E-state index contributed by atoms with van der Waals surface area (Å²) in [4.78, 5) is 44.6. The second kappa shape index (κ2) is 12.1. The molecule has 1 aromatic carbocycles. The monoisotopic (exact) mass is 485 g/mol. The maximum absolute atomic E-state index is 13.3. The number of carbonyl (C=O) groups excluding carboxylic acids is 3. The van der Waals surface area contributed by atoms with Crippen molar-refractivity contribution in [2.24, 2.45) is 0 Å². The summed E-state index contributed by atoms with van der Waals surface area (Å²) < 4.78 is 5.48. The number of hydrogen-bond donors (Lipinski definition) is 2. The number of benzene rings is 1. The van der Waals surface area contributed by atoms with Crippen molar-refractivity contribution in [1.82, 2.24) is 25.3 Å². The normalized spacial score (nSPS) is 19.5. The lowest BCUT2D eigenvalue weighted by atomic mass is 9.91. The molecule has 192 valence electrons. The van der Waals surface area contributed by atoms with E-state index in [1.165, 1.54) is 0 Å². The van der Waals surface area contributed by atoms with E-state index in [1.54, 1.807) is 11.8 Å². The van der Waals surface area contributed by atoms with E-state index in [0.29, 0.717) is 44.0 Å². The first kappa shape index (κ1) is 26.5. The van der Waals surface area contributed by atoms with Crippen molar-refractivity contribution in [1.29, 1.82) is 0 Å². The quantitative estimate of drug-likeness (QED) is 0.579. The number of urea groups is 2. The van der Waals surface area contributed by atoms with Crippen LogP contribution in [0.3, 0.4) is 0 Å². The molecule has 9 nitrogen and oxygen atoms in total. The minimum Gasteiger partial charge on any atom is -0.463 e. The van der Waals surface area contributed by atoms with E-state index in [1.807, 2.05) is 56.9 Å². The maximum Gasteiger partial charge on any atom is 0.338 e. The van der Waals surface area contributed by atoms with Gasteiger partial charge in [0.05, 0.1) is 18.2 Å². The molecule has 2 heterocycles. The molecule has 0 radical (unpaired) electrons. The van der Waals surface area contributed by atoms with E-state index in [0.717, 1.165) is 24.1 Å². The Labute approximate surface area is 208 Å². The number of amides is 4. The molecule has 4 amide bonds. The van der Waals surface area contributed by atoms with Crippen LogP contribution in [0.2, 0.25) is 0 Å². The van der Waals surface area contributed by atoms with Gasteiger partial charge in [0.15, 0.2) is 0 Å². The average molecular weight is 486 g/mol. The first-order chi connectivity index (χ1) is 16.8. The Hall–Kier alpha value is -3.07. The number of nitrogens with zero attached hydrogens (tertiary/aromatic N) is 3. The first-order valence-corrected chi connectivity index (χ1v) is 12.6. The molecule has 2 N–H and O–H groups in total. The molecule has 3 rings (SSSR count). The average Bonchev–Trinajstić information content (AvgIpc) is 3.04. The number of esters is 1. The molecule has 0 saturated carbocycles. The van der Waals surface area contributed by atoms with Crippen LogP contribution in [-0.4, -0.2) is 84.6 Å². The van der Waals surface area contributed by atoms with Crippen LogP contribution in [0.4, 0.5) is 9.59 Å². The third-order valence-electron chi connectivity index (χ3n) is 6.41. The summed E-state index contributed by atoms with van der Waals surface area (Å²) in [5.41, 5.74) is 3.01. The highest BCUT2D eigenvalue weighted by molar-refractivity contribution is 5.95. The van der Waals surface area contributed by atoms with E-state index in [2.05, 4.69) is 15.5 Å². The Morgan fingerprint density at radius 1 is 1.14 bits per heavy atom. The molecular formula is C26H39N5O4. The molecule has 1 fully saturated rings. The summed E-state index contributed by atoms with van der Waals surface area (Å²) in [6.45, 7) is 13.3. The number of nitrogens with one attached hydrogen (secondary N) is 2. The van der Waals surface area contributed by atoms with Crippen LogP contribution in [0.25, 0.3) is 0 Å². The van der Waals surface area contributed by atoms with Crippen molar-refractivity contribution >= 4 is 18.0 Å². The van der Waals surface area contributed by atoms with Crippen molar-refractivity contribution in [2.75, 3.05) is 45.9 Å². The van der Waals surface area contributed by atoms with Crippen molar-refractivity contribution < 1.29 is 19.1 Å². The van der Waals surface area contributed by atoms with E-state index in [9.17, 15) is 14.4 Å². The lowest BCUT2D eigenvalue weighted by molar-refractivity contribution is -0.139. The molecule has 35 heavy (non-hydrogen) atoms. The molecule has 9 heteroatoms. The lowest BCUT2D eigenvalue weighted by Gasteiger charge is -2.38. The Morgan fingerprint density at radius 2 is 1.89 bits per heavy atom. The second-order valence-corrected chi connectivity index (χ2v) is 9.29. The Morgan fingerprint density at radius 3 is 2.54 bits per heavy atom. The fourth-order valence-electron chi connectivity index (χ4n) is 4.68. The predicted molar refractivity (Wildman–Crippen MR) is 135 cm³/mol. The van der Waals surface area contributed by atoms with Gasteiger partial charge in [-0.15, -0.1) is 0 Å². The minimum atomic E-state index is -0.583. The number of aryl methyl sites for hydroxylation is 1. The molecule has 2 aliphatic rings. The number of likely N-dealkylation sites (N-methyl/N-ethyl adjacent to an activating group) is 1. The van der Waals surface area contributed by atoms with Gasteiger partial charge in [0.25, 0.3) is 0 Å². The second-order valence-electron chi connectivity index (χ2n) is 9.29. The van der Waals surface area contributed by atoms with Crippen LogP contribution in [0, 0.1) is 6.92 Å². The molecule has 0 unspecified atom stereocenters. The van der Waals surface area contributed by atoms with E-state index in [4.69, 9.17) is 4.74 Å². The minimum absolute atomic E-state index is 0.0554. The summed E-state index contributed by atoms with van der Waals surface area (Å²) in [5.74, 6) is -0.415. The standard InChI is InChI=1S/C26H39N5O4/c1-6-31-21(17-29-13-10-14-30(16-15-29)25(33)27-18(3)4)22(24(32)35-7-2)23(28-26(31)34)20-12-9-8-11-19(20)5/h8-9,11-12,18,23H,6-7,10,13-17H2,1-5H3,(H,27,33)(H,28,34)/t23-/m0/s1. The third kappa shape index (κ3) is 6.33. The maximum atomic E-state index is 13.3. The smallest absolute Gasteiger partial charge is 0.338 e. The zero-order chi connectivity index (χ0) is 25.5. The molecular weight excluding hydrogens is 446 g/mol. The van der Waals surface area contributed by atoms with Gasteiger partial charge in [-0.25, -0.2) is 14.4 Å². The summed E-state index contributed by atoms with van der Waals surface area (Å²) in [6.07, 6.45) is 0.813. The number of ether oxygens (including phenoxy) is 1. The Bertz CT molecular complexity index is 961. The highest BCUT2D eigenvalue weighted by Crippen LogP contribution is 2.33. The van der Waals surface area contributed by atoms with Crippen molar-refractivity contribution in [3.63, 3.8) is 0 Å². The van der Waals surface area contributed by atoms with Gasteiger partial charge in [0.2, 0.25) is 0 Å². The zero-order valence-corrected chi connectivity index (χ0v) is 21.6. The topological polar surface area (TPSA) is 94.2 Å². The molecule has 2 aliphatic heterocycles. The Kier molecular flexibility index (Phi) is 9.14. The van der Waals surface area contributed by atoms with Crippen molar-refractivity contribution in [3.8, 4) is 0 Å². The van der Waals surface area contributed by atoms with E-state index >= 15 is 0 Å². The van der Waals surface area contributed by atoms with Gasteiger partial charge in [-0.1, -0.05) is 24.3 Å². The largest absolute Gasteiger partial charge is 0.463 e. The summed E-state index contributed by atoms with van der Waals surface area (Å²) in [6, 6.07) is 6.98. The van der Waals surface area contributed by atoms with Gasteiger partial charge in [-0.2, -0.15) is 0 Å². The molecule has 0 spiro atoms. The number of carbonyl (C=O) groups is 3. The summed E-state index contributed by atoms with van der Waals surface area (Å²) in [5, 5.41) is 5.99. The summed E-state index contributed by atoms with van der Waals surface area (Å²) >= 11 is 0. The fraction of sp³-hybridized carbons (Fsp3) is 0.577. The van der Waals surface area contributed by atoms with Gasteiger partial charge in [0.1, 0.15) is 0 Å². The zero-order valence-electron chi connectivity index (χ0n) is 21.6. The molecule has 1 atom stereocenters. The number of hydrogen-bond acceptors (Lipinski definition) is 5. The van der Waals surface area contributed by atoms with Crippen LogP contribution in [0.1, 0.15) is 51.3 Å². The SMILES string of the molecule is CCOC(=O)C1=C(CN2CCCN(C(=O)NC(C)C)CC2)N(CC)C(=O)N[C@H]1c1ccccc1C. The lowest BCUT2D eigenvalue weighted by Crippen LogP contribution is -2.51. The molecule has 1 aromatic rings. The number of rotatable bonds is 7. The van der Waals surface area contributed by atoms with Crippen molar-refractivity contribution in [3.05, 3.63) is 46.7 Å².